The molecular formula is C15H28O5. The molecule has 1 aliphatic carbocycles. The van der Waals surface area contributed by atoms with Gasteiger partial charge in [0.25, 0.3) is 0 Å². The molecule has 0 aromatic rings. The van der Waals surface area contributed by atoms with E-state index in [0.29, 0.717) is 39.6 Å². The van der Waals surface area contributed by atoms with Gasteiger partial charge in [0.05, 0.1) is 39.6 Å². The predicted molar refractivity (Wildman–Crippen MR) is 75.9 cm³/mol. The van der Waals surface area contributed by atoms with E-state index in [4.69, 9.17) is 18.9 Å². The number of rotatable bonds is 12. The Hall–Kier alpha value is -0.490. The van der Waals surface area contributed by atoms with E-state index in [0.717, 1.165) is 12.8 Å². The van der Waals surface area contributed by atoms with Crippen LogP contribution in [0.3, 0.4) is 0 Å². The highest BCUT2D eigenvalue weighted by molar-refractivity contribution is 5.82. The number of Topliss-reactive ketones (excluding diaryl/α,β-unsaturated/α-hetero) is 1. The van der Waals surface area contributed by atoms with Crippen LogP contribution in [0, 0.1) is 5.92 Å². The van der Waals surface area contributed by atoms with Crippen molar-refractivity contribution < 1.29 is 23.7 Å². The van der Waals surface area contributed by atoms with Gasteiger partial charge >= 0.3 is 0 Å². The van der Waals surface area contributed by atoms with Crippen molar-refractivity contribution in [3.8, 4) is 0 Å². The summed E-state index contributed by atoms with van der Waals surface area (Å²) in [5.41, 5.74) is 0. The fourth-order valence-electron chi connectivity index (χ4n) is 2.30. The summed E-state index contributed by atoms with van der Waals surface area (Å²) in [7, 11) is 1.64. The van der Waals surface area contributed by atoms with E-state index in [1.54, 1.807) is 7.11 Å². The van der Waals surface area contributed by atoms with Crippen LogP contribution in [-0.4, -0.2) is 59.1 Å². The molecule has 5 heteroatoms. The fraction of sp³-hybridized carbons (Fsp3) is 0.933. The molecule has 118 valence electrons. The van der Waals surface area contributed by atoms with E-state index in [9.17, 15) is 4.79 Å². The van der Waals surface area contributed by atoms with Gasteiger partial charge < -0.3 is 18.9 Å². The molecule has 0 amide bonds. The molecule has 1 rings (SSSR count). The quantitative estimate of drug-likeness (QED) is 0.513. The van der Waals surface area contributed by atoms with Crippen molar-refractivity contribution in [2.45, 2.75) is 32.1 Å². The minimum atomic E-state index is 0.234. The van der Waals surface area contributed by atoms with Gasteiger partial charge in [0.15, 0.2) is 5.78 Å². The number of ether oxygens (including phenoxy) is 4. The third-order valence-electron chi connectivity index (χ3n) is 3.48. The molecule has 5 nitrogen and oxygen atoms in total. The van der Waals surface area contributed by atoms with E-state index in [1.807, 2.05) is 0 Å². The second-order valence-corrected chi connectivity index (χ2v) is 5.07. The Bertz CT molecular complexity index is 238. The van der Waals surface area contributed by atoms with E-state index < -0.39 is 0 Å². The lowest BCUT2D eigenvalue weighted by molar-refractivity contribution is -0.129. The molecule has 0 bridgehead atoms. The lowest BCUT2D eigenvalue weighted by atomic mass is 9.86. The molecule has 0 N–H and O–H groups in total. The van der Waals surface area contributed by atoms with Crippen LogP contribution in [0.15, 0.2) is 0 Å². The van der Waals surface area contributed by atoms with Crippen molar-refractivity contribution in [2.75, 3.05) is 53.4 Å². The van der Waals surface area contributed by atoms with Crippen LogP contribution < -0.4 is 0 Å². The highest BCUT2D eigenvalue weighted by Gasteiger charge is 2.20. The minimum absolute atomic E-state index is 0.234. The van der Waals surface area contributed by atoms with Gasteiger partial charge in [-0.05, 0) is 12.8 Å². The van der Waals surface area contributed by atoms with E-state index >= 15 is 0 Å². The average molecular weight is 288 g/mol. The van der Waals surface area contributed by atoms with Gasteiger partial charge in [-0.1, -0.05) is 19.3 Å². The molecule has 0 saturated heterocycles. The first kappa shape index (κ1) is 17.6. The number of carbonyl (C=O) groups is 1. The Morgan fingerprint density at radius 2 is 1.40 bits per heavy atom. The zero-order chi connectivity index (χ0) is 14.5. The first-order valence-corrected chi connectivity index (χ1v) is 7.59. The second-order valence-electron chi connectivity index (χ2n) is 5.07. The van der Waals surface area contributed by atoms with Crippen LogP contribution in [0.25, 0.3) is 0 Å². The Labute approximate surface area is 121 Å². The van der Waals surface area contributed by atoms with Gasteiger partial charge in [-0.25, -0.2) is 0 Å². The van der Waals surface area contributed by atoms with Crippen molar-refractivity contribution in [3.63, 3.8) is 0 Å². The maximum absolute atomic E-state index is 11.8. The van der Waals surface area contributed by atoms with Crippen molar-refractivity contribution in [2.24, 2.45) is 5.92 Å². The monoisotopic (exact) mass is 288 g/mol. The molecule has 0 heterocycles. The molecule has 1 saturated carbocycles. The predicted octanol–water partition coefficient (Wildman–Crippen LogP) is 1.83. The summed E-state index contributed by atoms with van der Waals surface area (Å²) in [4.78, 5) is 11.8. The smallest absolute Gasteiger partial charge is 0.161 e. The number of methoxy groups -OCH3 is 1. The maximum Gasteiger partial charge on any atom is 0.161 e. The highest BCUT2D eigenvalue weighted by Crippen LogP contribution is 2.24. The molecule has 1 aliphatic rings. The van der Waals surface area contributed by atoms with Crippen LogP contribution in [0.1, 0.15) is 32.1 Å². The molecule has 0 spiro atoms. The van der Waals surface area contributed by atoms with Crippen molar-refractivity contribution in [1.29, 1.82) is 0 Å². The Morgan fingerprint density at radius 3 is 2.00 bits per heavy atom. The van der Waals surface area contributed by atoms with Gasteiger partial charge in [0.1, 0.15) is 6.61 Å². The SMILES string of the molecule is COCCOCCOCCOCC(=O)C1CCCCC1. The zero-order valence-electron chi connectivity index (χ0n) is 12.6. The fourth-order valence-corrected chi connectivity index (χ4v) is 2.30. The molecular weight excluding hydrogens is 260 g/mol. The van der Waals surface area contributed by atoms with Crippen LogP contribution >= 0.6 is 0 Å². The molecule has 0 aromatic heterocycles. The van der Waals surface area contributed by atoms with Crippen molar-refractivity contribution in [1.82, 2.24) is 0 Å². The summed E-state index contributed by atoms with van der Waals surface area (Å²) in [6.45, 7) is 3.51. The van der Waals surface area contributed by atoms with Crippen LogP contribution in [0.2, 0.25) is 0 Å². The number of carbonyl (C=O) groups excluding carboxylic acids is 1. The van der Waals surface area contributed by atoms with Gasteiger partial charge in [0.2, 0.25) is 0 Å². The highest BCUT2D eigenvalue weighted by atomic mass is 16.6. The van der Waals surface area contributed by atoms with Crippen LogP contribution in [0.4, 0.5) is 0 Å². The number of hydrogen-bond acceptors (Lipinski definition) is 5. The minimum Gasteiger partial charge on any atom is -0.382 e. The first-order chi connectivity index (χ1) is 9.84. The zero-order valence-corrected chi connectivity index (χ0v) is 12.6. The van der Waals surface area contributed by atoms with Crippen LogP contribution in [-0.2, 0) is 23.7 Å². The standard InChI is InChI=1S/C15H28O5/c1-17-7-8-18-9-10-19-11-12-20-13-15(16)14-5-3-2-4-6-14/h14H,2-13H2,1H3. The maximum atomic E-state index is 11.8. The van der Waals surface area contributed by atoms with Crippen molar-refractivity contribution >= 4 is 5.78 Å². The third kappa shape index (κ3) is 8.64. The number of hydrogen-bond donors (Lipinski definition) is 0. The Balaban J connectivity index is 1.83. The third-order valence-corrected chi connectivity index (χ3v) is 3.48. The molecule has 0 unspecified atom stereocenters. The lowest BCUT2D eigenvalue weighted by Gasteiger charge is -2.20. The van der Waals surface area contributed by atoms with E-state index in [-0.39, 0.29) is 18.3 Å². The van der Waals surface area contributed by atoms with Gasteiger partial charge in [-0.2, -0.15) is 0 Å². The van der Waals surface area contributed by atoms with Gasteiger partial charge in [0, 0.05) is 13.0 Å². The summed E-state index contributed by atoms with van der Waals surface area (Å²) in [5.74, 6) is 0.492. The lowest BCUT2D eigenvalue weighted by Crippen LogP contribution is -2.23. The molecule has 0 radical (unpaired) electrons. The first-order valence-electron chi connectivity index (χ1n) is 7.59. The van der Waals surface area contributed by atoms with Crippen LogP contribution in [0.5, 0.6) is 0 Å². The van der Waals surface area contributed by atoms with E-state index in [2.05, 4.69) is 0 Å². The molecule has 0 aliphatic heterocycles. The average Bonchev–Trinajstić information content (AvgIpc) is 2.50. The largest absolute Gasteiger partial charge is 0.382 e. The summed E-state index contributed by atoms with van der Waals surface area (Å²) in [6, 6.07) is 0. The van der Waals surface area contributed by atoms with Gasteiger partial charge in [-0.3, -0.25) is 4.79 Å². The molecule has 0 atom stereocenters. The Morgan fingerprint density at radius 1 is 0.850 bits per heavy atom. The van der Waals surface area contributed by atoms with Crippen molar-refractivity contribution in [3.05, 3.63) is 0 Å². The van der Waals surface area contributed by atoms with E-state index in [1.165, 1.54) is 19.3 Å². The number of ketones is 1. The second kappa shape index (κ2) is 12.3. The summed E-state index contributed by atoms with van der Waals surface area (Å²) >= 11 is 0. The Kier molecular flexibility index (Phi) is 10.8. The molecule has 20 heavy (non-hydrogen) atoms. The summed E-state index contributed by atoms with van der Waals surface area (Å²) in [6.07, 6.45) is 5.71. The molecule has 1 fully saturated rings. The van der Waals surface area contributed by atoms with Gasteiger partial charge in [-0.15, -0.1) is 0 Å². The summed E-state index contributed by atoms with van der Waals surface area (Å²) in [5, 5.41) is 0. The normalized spacial score (nSPS) is 16.4. The topological polar surface area (TPSA) is 54.0 Å². The molecule has 0 aromatic carbocycles. The summed E-state index contributed by atoms with van der Waals surface area (Å²) < 4.78 is 20.8.